The smallest absolute Gasteiger partial charge is 0.339 e. The first kappa shape index (κ1) is 20.0. The zero-order valence-corrected chi connectivity index (χ0v) is 16.7. The maximum Gasteiger partial charge on any atom is 0.339 e. The average molecular weight is 413 g/mol. The Morgan fingerprint density at radius 3 is 2.29 bits per heavy atom. The van der Waals surface area contributed by atoms with Gasteiger partial charge in [-0.05, 0) is 23.8 Å². The van der Waals surface area contributed by atoms with Crippen LogP contribution in [0.3, 0.4) is 0 Å². The summed E-state index contributed by atoms with van der Waals surface area (Å²) in [6.07, 6.45) is 0. The van der Waals surface area contributed by atoms with Crippen LogP contribution in [0.2, 0.25) is 0 Å². The average Bonchev–Trinajstić information content (AvgIpc) is 2.81. The summed E-state index contributed by atoms with van der Waals surface area (Å²) in [6.45, 7) is 0.226. The number of nitrogens with zero attached hydrogens (tertiary/aromatic N) is 2. The molecule has 0 saturated heterocycles. The van der Waals surface area contributed by atoms with Crippen molar-refractivity contribution in [3.63, 3.8) is 0 Å². The Morgan fingerprint density at radius 2 is 1.55 bits per heavy atom. The Kier molecular flexibility index (Phi) is 5.57. The Hall–Kier alpha value is -4.26. The van der Waals surface area contributed by atoms with E-state index in [2.05, 4.69) is 10.4 Å². The Labute approximate surface area is 177 Å². The number of benzene rings is 3. The lowest BCUT2D eigenvalue weighted by Crippen LogP contribution is -2.28. The summed E-state index contributed by atoms with van der Waals surface area (Å²) in [5, 5.41) is 7.91. The minimum atomic E-state index is -0.567. The lowest BCUT2D eigenvalue weighted by Gasteiger charge is -2.13. The number of aromatic nitrogens is 2. The van der Waals surface area contributed by atoms with Gasteiger partial charge in [-0.3, -0.25) is 9.59 Å². The molecule has 7 nitrogen and oxygen atoms in total. The molecule has 31 heavy (non-hydrogen) atoms. The van der Waals surface area contributed by atoms with Gasteiger partial charge in [0, 0.05) is 5.39 Å². The Balaban J connectivity index is 1.78. The summed E-state index contributed by atoms with van der Waals surface area (Å²) in [4.78, 5) is 38.2. The van der Waals surface area contributed by atoms with Crippen LogP contribution in [0.1, 0.15) is 26.4 Å². The summed E-state index contributed by atoms with van der Waals surface area (Å²) >= 11 is 0. The molecule has 0 aliphatic rings. The van der Waals surface area contributed by atoms with E-state index >= 15 is 0 Å². The zero-order chi connectivity index (χ0) is 21.8. The van der Waals surface area contributed by atoms with Crippen LogP contribution < -0.4 is 10.9 Å². The van der Waals surface area contributed by atoms with Crippen molar-refractivity contribution in [2.45, 2.75) is 6.54 Å². The lowest BCUT2D eigenvalue weighted by molar-refractivity contribution is 0.0602. The second kappa shape index (κ2) is 8.62. The number of para-hydroxylation sites is 1. The number of hydrogen-bond donors (Lipinski definition) is 1. The van der Waals surface area contributed by atoms with E-state index in [1.165, 1.54) is 11.8 Å². The fourth-order valence-corrected chi connectivity index (χ4v) is 3.33. The monoisotopic (exact) mass is 413 g/mol. The number of carbonyl (C=O) groups excluding carboxylic acids is 2. The molecule has 0 bridgehead atoms. The number of esters is 1. The third-order valence-corrected chi connectivity index (χ3v) is 4.84. The van der Waals surface area contributed by atoms with Gasteiger partial charge >= 0.3 is 5.97 Å². The molecule has 0 aliphatic carbocycles. The van der Waals surface area contributed by atoms with Crippen molar-refractivity contribution in [1.82, 2.24) is 9.78 Å². The van der Waals surface area contributed by atoms with E-state index in [9.17, 15) is 14.4 Å². The van der Waals surface area contributed by atoms with Gasteiger partial charge < -0.3 is 10.1 Å². The number of rotatable bonds is 5. The number of carbonyl (C=O) groups is 2. The second-order valence-corrected chi connectivity index (χ2v) is 6.83. The van der Waals surface area contributed by atoms with Crippen molar-refractivity contribution in [3.8, 4) is 0 Å². The van der Waals surface area contributed by atoms with E-state index in [1.54, 1.807) is 48.5 Å². The summed E-state index contributed by atoms with van der Waals surface area (Å²) < 4.78 is 6.06. The van der Waals surface area contributed by atoms with Crippen LogP contribution in [0, 0.1) is 0 Å². The standard InChI is InChI=1S/C24H19N3O4/c1-31-24(30)19-13-7-8-14-20(19)25-22(28)21-17-11-5-6-12-18(17)23(29)27(26-21)15-16-9-3-2-4-10-16/h2-14H,15H2,1H3,(H,25,28). The molecule has 7 heteroatoms. The predicted molar refractivity (Wildman–Crippen MR) is 117 cm³/mol. The molecule has 154 valence electrons. The van der Waals surface area contributed by atoms with Crippen molar-refractivity contribution in [2.75, 3.05) is 12.4 Å². The van der Waals surface area contributed by atoms with Crippen LogP contribution >= 0.6 is 0 Å². The third-order valence-electron chi connectivity index (χ3n) is 4.84. The van der Waals surface area contributed by atoms with Gasteiger partial charge in [-0.25, -0.2) is 9.48 Å². The van der Waals surface area contributed by atoms with Crippen molar-refractivity contribution in [1.29, 1.82) is 0 Å². The molecule has 1 aromatic heterocycles. The minimum absolute atomic E-state index is 0.0887. The van der Waals surface area contributed by atoms with E-state index in [4.69, 9.17) is 4.74 Å². The summed E-state index contributed by atoms with van der Waals surface area (Å²) in [5.41, 5.74) is 1.21. The highest BCUT2D eigenvalue weighted by Gasteiger charge is 2.19. The van der Waals surface area contributed by atoms with Gasteiger partial charge in [0.2, 0.25) is 0 Å². The zero-order valence-electron chi connectivity index (χ0n) is 16.7. The van der Waals surface area contributed by atoms with Gasteiger partial charge in [0.25, 0.3) is 11.5 Å². The molecule has 4 aromatic rings. The third kappa shape index (κ3) is 4.06. The van der Waals surface area contributed by atoms with Crippen LogP contribution in [-0.2, 0) is 11.3 Å². The normalized spacial score (nSPS) is 10.6. The lowest BCUT2D eigenvalue weighted by atomic mass is 10.1. The number of anilines is 1. The maximum absolute atomic E-state index is 13.2. The highest BCUT2D eigenvalue weighted by atomic mass is 16.5. The molecule has 1 N–H and O–H groups in total. The fraction of sp³-hybridized carbons (Fsp3) is 0.0833. The quantitative estimate of drug-likeness (QED) is 0.506. The van der Waals surface area contributed by atoms with Crippen molar-refractivity contribution < 1.29 is 14.3 Å². The molecule has 1 amide bonds. The Bertz CT molecular complexity index is 1330. The first-order chi connectivity index (χ1) is 15.1. The first-order valence-corrected chi connectivity index (χ1v) is 9.61. The number of fused-ring (bicyclic) bond motifs is 1. The first-order valence-electron chi connectivity index (χ1n) is 9.61. The topological polar surface area (TPSA) is 90.3 Å². The summed E-state index contributed by atoms with van der Waals surface area (Å²) in [7, 11) is 1.27. The van der Waals surface area contributed by atoms with Crippen molar-refractivity contribution in [3.05, 3.63) is 106 Å². The largest absolute Gasteiger partial charge is 0.465 e. The van der Waals surface area contributed by atoms with E-state index in [-0.39, 0.29) is 23.4 Å². The van der Waals surface area contributed by atoms with Crippen molar-refractivity contribution >= 4 is 28.3 Å². The van der Waals surface area contributed by atoms with Gasteiger partial charge in [0.15, 0.2) is 5.69 Å². The molecule has 0 spiro atoms. The van der Waals surface area contributed by atoms with Crippen molar-refractivity contribution in [2.24, 2.45) is 0 Å². The van der Waals surface area contributed by atoms with E-state index in [0.717, 1.165) is 5.56 Å². The highest BCUT2D eigenvalue weighted by Crippen LogP contribution is 2.19. The number of nitrogens with one attached hydrogen (secondary N) is 1. The van der Waals surface area contributed by atoms with Crippen LogP contribution in [-0.4, -0.2) is 28.8 Å². The van der Waals surface area contributed by atoms with Gasteiger partial charge in [-0.1, -0.05) is 60.7 Å². The Morgan fingerprint density at radius 1 is 0.903 bits per heavy atom. The summed E-state index contributed by atoms with van der Waals surface area (Å²) in [6, 6.07) is 22.8. The summed E-state index contributed by atoms with van der Waals surface area (Å²) in [5.74, 6) is -1.10. The molecular weight excluding hydrogens is 394 g/mol. The second-order valence-electron chi connectivity index (χ2n) is 6.83. The van der Waals surface area contributed by atoms with E-state index in [1.807, 2.05) is 30.3 Å². The molecule has 0 saturated carbocycles. The highest BCUT2D eigenvalue weighted by molar-refractivity contribution is 6.12. The molecule has 0 atom stereocenters. The predicted octanol–water partition coefficient (Wildman–Crippen LogP) is 3.48. The molecule has 3 aromatic carbocycles. The van der Waals surface area contributed by atoms with Gasteiger partial charge in [0.1, 0.15) is 0 Å². The van der Waals surface area contributed by atoms with Crippen LogP contribution in [0.4, 0.5) is 5.69 Å². The number of amides is 1. The van der Waals surface area contributed by atoms with Crippen LogP contribution in [0.5, 0.6) is 0 Å². The van der Waals surface area contributed by atoms with E-state index in [0.29, 0.717) is 16.5 Å². The molecule has 4 rings (SSSR count). The molecule has 1 heterocycles. The number of hydrogen-bond acceptors (Lipinski definition) is 5. The number of ether oxygens (including phenoxy) is 1. The SMILES string of the molecule is COC(=O)c1ccccc1NC(=O)c1nn(Cc2ccccc2)c(=O)c2ccccc12. The maximum atomic E-state index is 13.2. The molecule has 0 fully saturated rings. The van der Waals surface area contributed by atoms with Crippen LogP contribution in [0.15, 0.2) is 83.7 Å². The van der Waals surface area contributed by atoms with Gasteiger partial charge in [0.05, 0.1) is 30.3 Å². The molecule has 0 aliphatic heterocycles. The minimum Gasteiger partial charge on any atom is -0.465 e. The fourth-order valence-electron chi connectivity index (χ4n) is 3.33. The van der Waals surface area contributed by atoms with Gasteiger partial charge in [-0.15, -0.1) is 0 Å². The van der Waals surface area contributed by atoms with Crippen LogP contribution in [0.25, 0.3) is 10.8 Å². The molecule has 0 unspecified atom stereocenters. The van der Waals surface area contributed by atoms with Gasteiger partial charge in [-0.2, -0.15) is 5.10 Å². The molecular formula is C24H19N3O4. The molecule has 0 radical (unpaired) electrons. The number of methoxy groups -OCH3 is 1. The van der Waals surface area contributed by atoms with E-state index < -0.39 is 11.9 Å².